The number of hydrogen-bond acceptors (Lipinski definition) is 2. The van der Waals surface area contributed by atoms with Crippen molar-refractivity contribution in [2.75, 3.05) is 19.6 Å². The first kappa shape index (κ1) is 10.7. The van der Waals surface area contributed by atoms with Crippen molar-refractivity contribution in [2.24, 2.45) is 5.92 Å². The molecule has 1 aliphatic heterocycles. The van der Waals surface area contributed by atoms with Gasteiger partial charge < -0.3 is 10.6 Å². The van der Waals surface area contributed by atoms with Gasteiger partial charge in [0.15, 0.2) is 0 Å². The molecule has 0 spiro atoms. The summed E-state index contributed by atoms with van der Waals surface area (Å²) in [5.74, 6) is 0.343. The standard InChI is InChI=1S/C9H15BrN2O/c1-7(10)6-12-9(13)8-2-4-11-5-3-8/h8,11H,1-6H2,(H,12,13). The molecule has 0 aromatic rings. The number of carbonyl (C=O) groups excluding carboxylic acids is 1. The summed E-state index contributed by atoms with van der Waals surface area (Å²) in [6.07, 6.45) is 1.89. The van der Waals surface area contributed by atoms with Crippen LogP contribution in [-0.4, -0.2) is 25.5 Å². The van der Waals surface area contributed by atoms with E-state index in [-0.39, 0.29) is 11.8 Å². The summed E-state index contributed by atoms with van der Waals surface area (Å²) in [6, 6.07) is 0. The van der Waals surface area contributed by atoms with Gasteiger partial charge in [0.25, 0.3) is 0 Å². The second-order valence-corrected chi connectivity index (χ2v) is 4.38. The maximum atomic E-state index is 11.5. The summed E-state index contributed by atoms with van der Waals surface area (Å²) in [5.41, 5.74) is 0. The Morgan fingerprint density at radius 2 is 2.15 bits per heavy atom. The molecule has 0 atom stereocenters. The van der Waals surface area contributed by atoms with E-state index in [1.54, 1.807) is 0 Å². The number of hydrogen-bond donors (Lipinski definition) is 2. The zero-order valence-electron chi connectivity index (χ0n) is 7.61. The lowest BCUT2D eigenvalue weighted by molar-refractivity contribution is -0.125. The number of rotatable bonds is 3. The summed E-state index contributed by atoms with van der Waals surface area (Å²) in [4.78, 5) is 11.5. The second-order valence-electron chi connectivity index (χ2n) is 3.26. The summed E-state index contributed by atoms with van der Waals surface area (Å²) in [7, 11) is 0. The van der Waals surface area contributed by atoms with E-state index in [2.05, 4.69) is 33.1 Å². The molecular weight excluding hydrogens is 232 g/mol. The van der Waals surface area contributed by atoms with Crippen LogP contribution >= 0.6 is 15.9 Å². The molecule has 1 aliphatic rings. The Hall–Kier alpha value is -0.350. The molecule has 0 bridgehead atoms. The molecule has 1 fully saturated rings. The topological polar surface area (TPSA) is 41.1 Å². The molecule has 0 saturated carbocycles. The Morgan fingerprint density at radius 3 is 2.69 bits per heavy atom. The molecule has 1 amide bonds. The van der Waals surface area contributed by atoms with E-state index in [0.29, 0.717) is 6.54 Å². The molecule has 0 aromatic heterocycles. The highest BCUT2D eigenvalue weighted by molar-refractivity contribution is 9.11. The van der Waals surface area contributed by atoms with Crippen LogP contribution in [0.25, 0.3) is 0 Å². The van der Waals surface area contributed by atoms with Crippen molar-refractivity contribution >= 4 is 21.8 Å². The van der Waals surface area contributed by atoms with E-state index in [1.165, 1.54) is 0 Å². The van der Waals surface area contributed by atoms with Crippen molar-refractivity contribution in [2.45, 2.75) is 12.8 Å². The van der Waals surface area contributed by atoms with Crippen LogP contribution in [0.4, 0.5) is 0 Å². The van der Waals surface area contributed by atoms with Crippen molar-refractivity contribution in [3.8, 4) is 0 Å². The smallest absolute Gasteiger partial charge is 0.223 e. The third-order valence-electron chi connectivity index (χ3n) is 2.16. The Morgan fingerprint density at radius 1 is 1.54 bits per heavy atom. The van der Waals surface area contributed by atoms with E-state index in [0.717, 1.165) is 30.4 Å². The molecule has 0 aromatic carbocycles. The molecule has 2 N–H and O–H groups in total. The van der Waals surface area contributed by atoms with Crippen LogP contribution in [0.3, 0.4) is 0 Å². The minimum Gasteiger partial charge on any atom is -0.351 e. The van der Waals surface area contributed by atoms with Crippen molar-refractivity contribution in [1.29, 1.82) is 0 Å². The molecule has 1 saturated heterocycles. The van der Waals surface area contributed by atoms with Crippen LogP contribution in [0.5, 0.6) is 0 Å². The minimum absolute atomic E-state index is 0.155. The molecule has 3 nitrogen and oxygen atoms in total. The van der Waals surface area contributed by atoms with Crippen LogP contribution in [0.15, 0.2) is 11.1 Å². The molecule has 0 unspecified atom stereocenters. The zero-order chi connectivity index (χ0) is 9.68. The molecule has 4 heteroatoms. The normalized spacial score (nSPS) is 18.2. The van der Waals surface area contributed by atoms with Gasteiger partial charge in [-0.1, -0.05) is 22.5 Å². The summed E-state index contributed by atoms with van der Waals surface area (Å²) in [6.45, 7) is 6.10. The van der Waals surface area contributed by atoms with Gasteiger partial charge in [-0.05, 0) is 25.9 Å². The fraction of sp³-hybridized carbons (Fsp3) is 0.667. The molecule has 1 heterocycles. The van der Waals surface area contributed by atoms with Crippen molar-refractivity contribution in [3.05, 3.63) is 11.1 Å². The fourth-order valence-electron chi connectivity index (χ4n) is 1.41. The molecule has 1 rings (SSSR count). The maximum absolute atomic E-state index is 11.5. The van der Waals surface area contributed by atoms with Gasteiger partial charge in [0.05, 0.1) is 0 Å². The molecule has 0 radical (unpaired) electrons. The largest absolute Gasteiger partial charge is 0.351 e. The number of amides is 1. The monoisotopic (exact) mass is 246 g/mol. The van der Waals surface area contributed by atoms with Gasteiger partial charge in [-0.25, -0.2) is 0 Å². The Bertz CT molecular complexity index is 200. The fourth-order valence-corrected chi connectivity index (χ4v) is 1.55. The van der Waals surface area contributed by atoms with Crippen molar-refractivity contribution < 1.29 is 4.79 Å². The average molecular weight is 247 g/mol. The average Bonchev–Trinajstić information content (AvgIpc) is 2.15. The van der Waals surface area contributed by atoms with E-state index >= 15 is 0 Å². The summed E-state index contributed by atoms with van der Waals surface area (Å²) < 4.78 is 0.815. The van der Waals surface area contributed by atoms with Crippen LogP contribution in [0.2, 0.25) is 0 Å². The number of nitrogens with one attached hydrogen (secondary N) is 2. The van der Waals surface area contributed by atoms with Crippen LogP contribution in [0, 0.1) is 5.92 Å². The predicted octanol–water partition coefficient (Wildman–Crippen LogP) is 1.01. The molecule has 0 aliphatic carbocycles. The quantitative estimate of drug-likeness (QED) is 0.781. The van der Waals surface area contributed by atoms with E-state index in [4.69, 9.17) is 0 Å². The summed E-state index contributed by atoms with van der Waals surface area (Å²) >= 11 is 3.21. The van der Waals surface area contributed by atoms with Crippen molar-refractivity contribution in [3.63, 3.8) is 0 Å². The second kappa shape index (κ2) is 5.40. The number of piperidine rings is 1. The lowest BCUT2D eigenvalue weighted by Gasteiger charge is -2.21. The van der Waals surface area contributed by atoms with Gasteiger partial charge in [-0.15, -0.1) is 0 Å². The van der Waals surface area contributed by atoms with Gasteiger partial charge in [0.1, 0.15) is 0 Å². The third-order valence-corrected chi connectivity index (χ3v) is 2.44. The lowest BCUT2D eigenvalue weighted by atomic mass is 9.97. The summed E-state index contributed by atoms with van der Waals surface area (Å²) in [5, 5.41) is 6.07. The van der Waals surface area contributed by atoms with E-state index < -0.39 is 0 Å². The predicted molar refractivity (Wildman–Crippen MR) is 56.7 cm³/mol. The van der Waals surface area contributed by atoms with E-state index in [1.807, 2.05) is 0 Å². The maximum Gasteiger partial charge on any atom is 0.223 e. The first-order chi connectivity index (χ1) is 6.20. The van der Waals surface area contributed by atoms with Gasteiger partial charge in [-0.2, -0.15) is 0 Å². The highest BCUT2D eigenvalue weighted by Crippen LogP contribution is 2.11. The van der Waals surface area contributed by atoms with Gasteiger partial charge in [0.2, 0.25) is 5.91 Å². The van der Waals surface area contributed by atoms with Crippen LogP contribution in [0.1, 0.15) is 12.8 Å². The molecule has 13 heavy (non-hydrogen) atoms. The van der Waals surface area contributed by atoms with E-state index in [9.17, 15) is 4.79 Å². The Kier molecular flexibility index (Phi) is 4.45. The van der Waals surface area contributed by atoms with Gasteiger partial charge in [-0.3, -0.25) is 4.79 Å². The van der Waals surface area contributed by atoms with Gasteiger partial charge in [0, 0.05) is 16.9 Å². The Labute approximate surface area is 87.1 Å². The lowest BCUT2D eigenvalue weighted by Crippen LogP contribution is -2.38. The first-order valence-corrected chi connectivity index (χ1v) is 5.31. The SMILES string of the molecule is C=C(Br)CNC(=O)C1CCNCC1. The van der Waals surface area contributed by atoms with Crippen molar-refractivity contribution in [1.82, 2.24) is 10.6 Å². The third kappa shape index (κ3) is 3.91. The number of halogens is 1. The number of carbonyl (C=O) groups is 1. The molecular formula is C9H15BrN2O. The highest BCUT2D eigenvalue weighted by atomic mass is 79.9. The van der Waals surface area contributed by atoms with Crippen LogP contribution < -0.4 is 10.6 Å². The first-order valence-electron chi connectivity index (χ1n) is 4.52. The highest BCUT2D eigenvalue weighted by Gasteiger charge is 2.19. The van der Waals surface area contributed by atoms with Gasteiger partial charge >= 0.3 is 0 Å². The zero-order valence-corrected chi connectivity index (χ0v) is 9.19. The van der Waals surface area contributed by atoms with Crippen LogP contribution in [-0.2, 0) is 4.79 Å². The molecule has 74 valence electrons. The minimum atomic E-state index is 0.155. The Balaban J connectivity index is 2.25.